The van der Waals surface area contributed by atoms with E-state index in [1.165, 1.54) is 11.3 Å². The van der Waals surface area contributed by atoms with Gasteiger partial charge in [-0.3, -0.25) is 9.59 Å². The van der Waals surface area contributed by atoms with Gasteiger partial charge in [0.2, 0.25) is 5.91 Å². The Bertz CT molecular complexity index is 717. The average molecular weight is 409 g/mol. The van der Waals surface area contributed by atoms with Crippen molar-refractivity contribution >= 4 is 28.3 Å². The molecule has 28 heavy (non-hydrogen) atoms. The number of rotatable bonds is 13. The molecule has 0 aliphatic rings. The summed E-state index contributed by atoms with van der Waals surface area (Å²) in [7, 11) is 1.58. The highest BCUT2D eigenvalue weighted by Crippen LogP contribution is 2.18. The van der Waals surface area contributed by atoms with E-state index in [9.17, 15) is 9.59 Å². The third-order valence-corrected chi connectivity index (χ3v) is 4.78. The van der Waals surface area contributed by atoms with E-state index in [0.717, 1.165) is 24.5 Å². The minimum absolute atomic E-state index is 0.130. The average Bonchev–Trinajstić information content (AvgIpc) is 3.37. The predicted molar refractivity (Wildman–Crippen MR) is 108 cm³/mol. The van der Waals surface area contributed by atoms with Crippen molar-refractivity contribution < 1.29 is 18.7 Å². The molecule has 0 aromatic carbocycles. The van der Waals surface area contributed by atoms with E-state index in [4.69, 9.17) is 9.15 Å². The number of amides is 2. The molecule has 2 amide bonds. The maximum absolute atomic E-state index is 12.9. The van der Waals surface area contributed by atoms with Crippen LogP contribution in [0, 0.1) is 0 Å². The Labute approximate surface area is 169 Å². The maximum Gasteiger partial charge on any atom is 0.273 e. The third-order valence-electron chi connectivity index (χ3n) is 3.98. The number of carbonyl (C=O) groups is 2. The molecule has 2 heterocycles. The van der Waals surface area contributed by atoms with Gasteiger partial charge >= 0.3 is 0 Å². The van der Waals surface area contributed by atoms with Gasteiger partial charge in [0.05, 0.1) is 19.4 Å². The van der Waals surface area contributed by atoms with E-state index in [1.54, 1.807) is 35.8 Å². The predicted octanol–water partition coefficient (Wildman–Crippen LogP) is 2.74. The lowest BCUT2D eigenvalue weighted by Crippen LogP contribution is -2.35. The van der Waals surface area contributed by atoms with E-state index in [0.29, 0.717) is 24.6 Å². The van der Waals surface area contributed by atoms with Gasteiger partial charge in [-0.2, -0.15) is 0 Å². The quantitative estimate of drug-likeness (QED) is 0.495. The summed E-state index contributed by atoms with van der Waals surface area (Å²) in [6.07, 6.45) is 3.90. The number of hydrogen-bond donors (Lipinski definition) is 2. The highest BCUT2D eigenvalue weighted by atomic mass is 32.1. The van der Waals surface area contributed by atoms with Crippen molar-refractivity contribution in [2.45, 2.75) is 32.7 Å². The van der Waals surface area contributed by atoms with E-state index in [2.05, 4.69) is 22.5 Å². The molecule has 2 aromatic rings. The fraction of sp³-hybridized carbons (Fsp3) is 0.526. The molecule has 0 aliphatic carbocycles. The second-order valence-electron chi connectivity index (χ2n) is 6.22. The molecule has 0 fully saturated rings. The first-order valence-electron chi connectivity index (χ1n) is 9.40. The van der Waals surface area contributed by atoms with Crippen LogP contribution < -0.4 is 10.6 Å². The van der Waals surface area contributed by atoms with Crippen molar-refractivity contribution in [2.75, 3.05) is 38.7 Å². The molecule has 0 saturated heterocycles. The second-order valence-corrected chi connectivity index (χ2v) is 7.08. The largest absolute Gasteiger partial charge is 0.467 e. The number of methoxy groups -OCH3 is 1. The second kappa shape index (κ2) is 12.1. The summed E-state index contributed by atoms with van der Waals surface area (Å²) < 4.78 is 10.3. The molecule has 0 radical (unpaired) electrons. The molecule has 0 aliphatic heterocycles. The number of furan rings is 1. The molecule has 9 heteroatoms. The van der Waals surface area contributed by atoms with E-state index >= 15 is 0 Å². The molecule has 0 bridgehead atoms. The number of aromatic nitrogens is 1. The van der Waals surface area contributed by atoms with Crippen LogP contribution in [0.5, 0.6) is 0 Å². The molecule has 8 nitrogen and oxygen atoms in total. The minimum atomic E-state index is -0.221. The topological polar surface area (TPSA) is 96.7 Å². The van der Waals surface area contributed by atoms with Gasteiger partial charge in [-0.25, -0.2) is 4.98 Å². The SMILES string of the molecule is CCCCNc1nc(C(=O)N(CCC(=O)NCCOC)Cc2ccco2)cs1. The van der Waals surface area contributed by atoms with Crippen LogP contribution in [0.1, 0.15) is 42.4 Å². The Hall–Kier alpha value is -2.39. The first-order chi connectivity index (χ1) is 13.6. The molecule has 0 spiro atoms. The van der Waals surface area contributed by atoms with Crippen LogP contribution in [0.2, 0.25) is 0 Å². The highest BCUT2D eigenvalue weighted by molar-refractivity contribution is 7.13. The molecule has 0 atom stereocenters. The smallest absolute Gasteiger partial charge is 0.273 e. The van der Waals surface area contributed by atoms with Crippen LogP contribution >= 0.6 is 11.3 Å². The first-order valence-corrected chi connectivity index (χ1v) is 10.3. The molecular weight excluding hydrogens is 380 g/mol. The summed E-state index contributed by atoms with van der Waals surface area (Å²) in [4.78, 5) is 30.9. The summed E-state index contributed by atoms with van der Waals surface area (Å²) in [5, 5.41) is 8.46. The minimum Gasteiger partial charge on any atom is -0.467 e. The molecule has 2 aromatic heterocycles. The standard InChI is InChI=1S/C19H28N4O4S/c1-3-4-8-21-19-22-16(14-28-19)18(25)23(13-15-6-5-11-27-15)10-7-17(24)20-9-12-26-2/h5-6,11,14H,3-4,7-10,12-13H2,1-2H3,(H,20,24)(H,21,22). The monoisotopic (exact) mass is 408 g/mol. The van der Waals surface area contributed by atoms with Crippen LogP contribution in [-0.2, 0) is 16.1 Å². The van der Waals surface area contributed by atoms with Crippen LogP contribution in [0.15, 0.2) is 28.2 Å². The van der Waals surface area contributed by atoms with Crippen molar-refractivity contribution in [3.8, 4) is 0 Å². The number of hydrogen-bond acceptors (Lipinski definition) is 7. The van der Waals surface area contributed by atoms with Gasteiger partial charge in [0.25, 0.3) is 5.91 Å². The summed E-state index contributed by atoms with van der Waals surface area (Å²) >= 11 is 1.41. The van der Waals surface area contributed by atoms with Gasteiger partial charge in [-0.05, 0) is 18.6 Å². The third kappa shape index (κ3) is 7.32. The Balaban J connectivity index is 1.97. The highest BCUT2D eigenvalue weighted by Gasteiger charge is 2.21. The summed E-state index contributed by atoms with van der Waals surface area (Å²) in [5.41, 5.74) is 0.371. The Morgan fingerprint density at radius 3 is 2.93 bits per heavy atom. The fourth-order valence-corrected chi connectivity index (χ4v) is 3.16. The number of unbranched alkanes of at least 4 members (excludes halogenated alkanes) is 1. The van der Waals surface area contributed by atoms with Crippen molar-refractivity contribution in [3.63, 3.8) is 0 Å². The zero-order valence-electron chi connectivity index (χ0n) is 16.4. The molecule has 154 valence electrons. The van der Waals surface area contributed by atoms with Gasteiger partial charge in [-0.15, -0.1) is 11.3 Å². The Morgan fingerprint density at radius 2 is 2.21 bits per heavy atom. The van der Waals surface area contributed by atoms with Crippen molar-refractivity contribution in [1.82, 2.24) is 15.2 Å². The zero-order valence-corrected chi connectivity index (χ0v) is 17.2. The Kier molecular flexibility index (Phi) is 9.50. The van der Waals surface area contributed by atoms with Gasteiger partial charge < -0.3 is 24.7 Å². The molecular formula is C19H28N4O4S. The van der Waals surface area contributed by atoms with Gasteiger partial charge in [-0.1, -0.05) is 13.3 Å². The van der Waals surface area contributed by atoms with Crippen molar-refractivity contribution in [2.24, 2.45) is 0 Å². The number of nitrogens with zero attached hydrogens (tertiary/aromatic N) is 2. The van der Waals surface area contributed by atoms with Gasteiger partial charge in [0.15, 0.2) is 5.13 Å². The normalized spacial score (nSPS) is 10.6. The first kappa shape index (κ1) is 21.9. The summed E-state index contributed by atoms with van der Waals surface area (Å²) in [6.45, 7) is 4.40. The van der Waals surface area contributed by atoms with Crippen LogP contribution in [0.4, 0.5) is 5.13 Å². The van der Waals surface area contributed by atoms with E-state index in [-0.39, 0.29) is 31.3 Å². The van der Waals surface area contributed by atoms with Crippen molar-refractivity contribution in [1.29, 1.82) is 0 Å². The van der Waals surface area contributed by atoms with Crippen LogP contribution in [0.25, 0.3) is 0 Å². The number of thiazole rings is 1. The number of carbonyl (C=O) groups excluding carboxylic acids is 2. The molecule has 0 saturated carbocycles. The van der Waals surface area contributed by atoms with Crippen LogP contribution in [0.3, 0.4) is 0 Å². The number of ether oxygens (including phenoxy) is 1. The zero-order chi connectivity index (χ0) is 20.2. The molecule has 2 N–H and O–H groups in total. The van der Waals surface area contributed by atoms with Gasteiger partial charge in [0.1, 0.15) is 11.5 Å². The Morgan fingerprint density at radius 1 is 1.36 bits per heavy atom. The van der Waals surface area contributed by atoms with E-state index in [1.807, 2.05) is 0 Å². The van der Waals surface area contributed by atoms with Crippen molar-refractivity contribution in [3.05, 3.63) is 35.2 Å². The lowest BCUT2D eigenvalue weighted by Gasteiger charge is -2.20. The fourth-order valence-electron chi connectivity index (χ4n) is 2.45. The molecule has 2 rings (SSSR count). The van der Waals surface area contributed by atoms with Gasteiger partial charge in [0, 0.05) is 38.5 Å². The lowest BCUT2D eigenvalue weighted by molar-refractivity contribution is -0.121. The van der Waals surface area contributed by atoms with Crippen LogP contribution in [-0.4, -0.2) is 55.0 Å². The maximum atomic E-state index is 12.9. The summed E-state index contributed by atoms with van der Waals surface area (Å²) in [6, 6.07) is 3.58. The molecule has 0 unspecified atom stereocenters. The summed E-state index contributed by atoms with van der Waals surface area (Å²) in [5.74, 6) is 0.306. The number of anilines is 1. The number of nitrogens with one attached hydrogen (secondary N) is 2. The van der Waals surface area contributed by atoms with E-state index < -0.39 is 0 Å². The lowest BCUT2D eigenvalue weighted by atomic mass is 10.3.